The Balaban J connectivity index is 0.631. The maximum Gasteiger partial charge on any atom is 0.246 e. The van der Waals surface area contributed by atoms with E-state index in [1.54, 1.807) is 23.5 Å². The van der Waals surface area contributed by atoms with E-state index in [1.807, 2.05) is 88.1 Å². The molecule has 1 spiro atoms. The summed E-state index contributed by atoms with van der Waals surface area (Å²) in [5, 5.41) is 35.8. The number of fused-ring (bicyclic) bond motifs is 2. The Hall–Kier alpha value is -6.44. The van der Waals surface area contributed by atoms with Gasteiger partial charge in [0.25, 0.3) is 0 Å². The molecule has 6 N–H and O–H groups in total. The van der Waals surface area contributed by atoms with Gasteiger partial charge in [0.1, 0.15) is 17.8 Å². The van der Waals surface area contributed by atoms with E-state index in [4.69, 9.17) is 15.7 Å². The van der Waals surface area contributed by atoms with Crippen molar-refractivity contribution in [2.45, 2.75) is 115 Å². The minimum atomic E-state index is -0.852. The van der Waals surface area contributed by atoms with Gasteiger partial charge in [-0.1, -0.05) is 57.2 Å². The van der Waals surface area contributed by atoms with Crippen LogP contribution in [0.5, 0.6) is 5.75 Å². The number of para-hydroxylation sites is 1. The van der Waals surface area contributed by atoms with Gasteiger partial charge in [-0.2, -0.15) is 0 Å². The zero-order valence-electron chi connectivity index (χ0n) is 42.2. The maximum atomic E-state index is 14.3. The van der Waals surface area contributed by atoms with Crippen LogP contribution in [-0.2, 0) is 20.9 Å². The highest BCUT2D eigenvalue weighted by molar-refractivity contribution is 7.13. The lowest BCUT2D eigenvalue weighted by atomic mass is 9.70. The van der Waals surface area contributed by atoms with Crippen LogP contribution in [0.15, 0.2) is 72.5 Å². The molecular formula is C54H67N13O5S. The minimum absolute atomic E-state index is 0.0389. The molecular weight excluding hydrogens is 943 g/mol. The third-order valence-corrected chi connectivity index (χ3v) is 17.4. The van der Waals surface area contributed by atoms with Crippen molar-refractivity contribution in [1.82, 2.24) is 45.6 Å². The first kappa shape index (κ1) is 48.8. The Morgan fingerprint density at radius 1 is 0.849 bits per heavy atom. The molecule has 2 unspecified atom stereocenters. The number of benzene rings is 2. The smallest absolute Gasteiger partial charge is 0.246 e. The molecule has 384 valence electrons. The minimum Gasteiger partial charge on any atom is -0.507 e. The lowest BCUT2D eigenvalue weighted by molar-refractivity contribution is -0.145. The van der Waals surface area contributed by atoms with E-state index >= 15 is 0 Å². The van der Waals surface area contributed by atoms with Crippen molar-refractivity contribution in [3.63, 3.8) is 0 Å². The number of β-amino-alcohol motifs (C(OH)–C–C–N with tert-alkyl or cyclic N) is 1. The number of nitrogens with zero attached hydrogens (tertiary/aromatic N) is 10. The van der Waals surface area contributed by atoms with E-state index in [-0.39, 0.29) is 66.4 Å². The third kappa shape index (κ3) is 9.66. The van der Waals surface area contributed by atoms with Crippen molar-refractivity contribution in [2.24, 2.45) is 16.7 Å². The largest absolute Gasteiger partial charge is 0.507 e. The Morgan fingerprint density at radius 3 is 2.19 bits per heavy atom. The number of hydrogen-bond donors (Lipinski definition) is 5. The lowest BCUT2D eigenvalue weighted by Crippen LogP contribution is -2.73. The van der Waals surface area contributed by atoms with Crippen molar-refractivity contribution < 1.29 is 24.6 Å². The molecule has 5 atom stereocenters. The molecule has 0 radical (unpaired) electrons. The molecule has 2 bridgehead atoms. The SMILES string of the molecule is Cc1ncsc1-c1ccc(CNC(=O)[C@@H]2C[C@@H](O)CN2C(=O)[C@@H](NC(=O)[C@H]2CC[C@H](N3CC4(CN(c5cnc(N6C7CCC6CN(c6cc(-c8ccccc8O)nnc6N)C7)nc5)C4)C3)CC2)C(C)(C)C)cc1. The number of nitrogens with one attached hydrogen (secondary N) is 2. The van der Waals surface area contributed by atoms with Gasteiger partial charge in [-0.15, -0.1) is 21.5 Å². The van der Waals surface area contributed by atoms with Gasteiger partial charge in [-0.3, -0.25) is 19.3 Å². The second-order valence-corrected chi connectivity index (χ2v) is 23.5. The predicted octanol–water partition coefficient (Wildman–Crippen LogP) is 5.00. The molecule has 11 rings (SSSR count). The van der Waals surface area contributed by atoms with Crippen molar-refractivity contribution in [1.29, 1.82) is 0 Å². The zero-order valence-corrected chi connectivity index (χ0v) is 43.0. The summed E-state index contributed by atoms with van der Waals surface area (Å²) in [6.07, 6.45) is 8.70. The third-order valence-electron chi connectivity index (χ3n) is 16.4. The maximum absolute atomic E-state index is 14.3. The average molecular weight is 1010 g/mol. The second-order valence-electron chi connectivity index (χ2n) is 22.6. The van der Waals surface area contributed by atoms with E-state index in [1.165, 1.54) is 4.90 Å². The number of aromatic nitrogens is 5. The van der Waals surface area contributed by atoms with Crippen LogP contribution < -0.4 is 31.1 Å². The summed E-state index contributed by atoms with van der Waals surface area (Å²) in [5.74, 6) is 0.324. The van der Waals surface area contributed by atoms with E-state index in [9.17, 15) is 24.6 Å². The molecule has 5 aliphatic heterocycles. The first-order chi connectivity index (χ1) is 35.1. The Morgan fingerprint density at radius 2 is 1.53 bits per heavy atom. The molecule has 73 heavy (non-hydrogen) atoms. The van der Waals surface area contributed by atoms with Gasteiger partial charge >= 0.3 is 0 Å². The number of phenolic OH excluding ortho intramolecular Hbond substituents is 1. The number of carbonyl (C=O) groups excluding carboxylic acids is 3. The van der Waals surface area contributed by atoms with Gasteiger partial charge in [0.2, 0.25) is 23.7 Å². The molecule has 6 aliphatic rings. The van der Waals surface area contributed by atoms with Crippen molar-refractivity contribution in [3.05, 3.63) is 83.8 Å². The number of hydrogen-bond acceptors (Lipinski definition) is 16. The fraction of sp³-hybridized carbons (Fsp3) is 0.519. The molecule has 5 saturated heterocycles. The Bertz CT molecular complexity index is 2820. The summed E-state index contributed by atoms with van der Waals surface area (Å²) in [6.45, 7) is 13.6. The summed E-state index contributed by atoms with van der Waals surface area (Å²) in [5.41, 5.74) is 13.9. The van der Waals surface area contributed by atoms with Gasteiger partial charge in [0.05, 0.1) is 51.6 Å². The number of phenols is 1. The van der Waals surface area contributed by atoms with Crippen molar-refractivity contribution in [3.8, 4) is 27.4 Å². The van der Waals surface area contributed by atoms with Crippen LogP contribution in [0.4, 0.5) is 23.1 Å². The fourth-order valence-electron chi connectivity index (χ4n) is 12.5. The van der Waals surface area contributed by atoms with Gasteiger partial charge in [0, 0.05) is 93.8 Å². The van der Waals surface area contributed by atoms with Crippen LogP contribution >= 0.6 is 11.3 Å². The number of aromatic hydroxyl groups is 1. The number of amides is 3. The van der Waals surface area contributed by atoms with Gasteiger partial charge < -0.3 is 46.2 Å². The highest BCUT2D eigenvalue weighted by atomic mass is 32.1. The van der Waals surface area contributed by atoms with E-state index in [0.29, 0.717) is 23.1 Å². The van der Waals surface area contributed by atoms with Crippen LogP contribution in [0.25, 0.3) is 21.7 Å². The number of nitrogens with two attached hydrogens (primary N) is 1. The molecule has 1 saturated carbocycles. The summed E-state index contributed by atoms with van der Waals surface area (Å²) >= 11 is 1.59. The zero-order chi connectivity index (χ0) is 50.8. The van der Waals surface area contributed by atoms with Crippen molar-refractivity contribution in [2.75, 3.05) is 66.2 Å². The monoisotopic (exact) mass is 1010 g/mol. The van der Waals surface area contributed by atoms with Crippen molar-refractivity contribution >= 4 is 52.2 Å². The van der Waals surface area contributed by atoms with E-state index < -0.39 is 23.6 Å². The molecule has 5 aromatic rings. The summed E-state index contributed by atoms with van der Waals surface area (Å²) in [7, 11) is 0. The Labute approximate surface area is 430 Å². The quantitative estimate of drug-likeness (QED) is 0.111. The second kappa shape index (κ2) is 19.4. The van der Waals surface area contributed by atoms with Crippen LogP contribution in [-0.4, -0.2) is 145 Å². The molecule has 8 heterocycles. The van der Waals surface area contributed by atoms with E-state index in [2.05, 4.69) is 45.4 Å². The highest BCUT2D eigenvalue weighted by Crippen LogP contribution is 2.45. The van der Waals surface area contributed by atoms with Crippen LogP contribution in [0.1, 0.15) is 77.0 Å². The average Bonchev–Trinajstić information content (AvgIpc) is 4.05. The van der Waals surface area contributed by atoms with Crippen LogP contribution in [0, 0.1) is 23.7 Å². The number of piperazine rings is 1. The number of aryl methyl sites for hydroxylation is 1. The first-order valence-corrected chi connectivity index (χ1v) is 26.8. The number of nitrogen functional groups attached to an aromatic ring is 1. The number of thiazole rings is 1. The molecule has 6 fully saturated rings. The van der Waals surface area contributed by atoms with Gasteiger partial charge in [-0.25, -0.2) is 15.0 Å². The molecule has 19 heteroatoms. The molecule has 18 nitrogen and oxygen atoms in total. The number of carbonyl (C=O) groups is 3. The number of anilines is 4. The summed E-state index contributed by atoms with van der Waals surface area (Å²) in [6, 6.07) is 16.3. The first-order valence-electron chi connectivity index (χ1n) is 25.9. The lowest BCUT2D eigenvalue weighted by Gasteiger charge is -2.63. The molecule has 2 aromatic carbocycles. The highest BCUT2D eigenvalue weighted by Gasteiger charge is 2.54. The number of rotatable bonds is 12. The normalized spacial score (nSPS) is 25.1. The van der Waals surface area contributed by atoms with Crippen LogP contribution in [0.2, 0.25) is 0 Å². The molecule has 1 aliphatic carbocycles. The summed E-state index contributed by atoms with van der Waals surface area (Å²) < 4.78 is 0. The van der Waals surface area contributed by atoms with Crippen LogP contribution in [0.3, 0.4) is 0 Å². The van der Waals surface area contributed by atoms with Gasteiger partial charge in [-0.05, 0) is 80.2 Å². The number of aliphatic hydroxyl groups is 1. The van der Waals surface area contributed by atoms with Gasteiger partial charge in [0.15, 0.2) is 5.82 Å². The van der Waals surface area contributed by atoms with E-state index in [0.717, 1.165) is 117 Å². The molecule has 3 aromatic heterocycles. The topological polar surface area (TPSA) is 222 Å². The predicted molar refractivity (Wildman–Crippen MR) is 281 cm³/mol. The molecule has 3 amide bonds. The number of aliphatic hydroxyl groups excluding tert-OH is 1. The Kier molecular flexibility index (Phi) is 13.0. The fourth-order valence-corrected chi connectivity index (χ4v) is 13.3. The standard InChI is InChI=1S/C54H67N13O5S/c1-32-46(73-31-59-32)34-11-9-33(10-12-34)21-56-50(71)44-19-40(68)26-66(44)51(72)47(53(2,3)4)60-49(70)35-13-15-36(16-14-35)64-27-54(28-64)29-65(30-54)39-22-57-52(58-23-39)67-37-17-18-38(67)25-63(24-37)43-20-42(61-62-48(43)55)41-7-5-6-8-45(41)69/h5-12,20,22-23,31,35-38,40,44,47,68-69H,13-19,21,24-30H2,1-4H3,(H2,55,62)(H,56,71)(H,60,70)/t35-,36-,37?,38?,40-,44+,47-/m1/s1. The summed E-state index contributed by atoms with van der Waals surface area (Å²) in [4.78, 5) is 68.3. The number of likely N-dealkylation sites (tertiary alicyclic amines) is 2.